The van der Waals surface area contributed by atoms with E-state index in [1.807, 2.05) is 30.3 Å². The lowest BCUT2D eigenvalue weighted by Crippen LogP contribution is -2.17. The molecule has 0 heterocycles. The van der Waals surface area contributed by atoms with E-state index in [9.17, 15) is 8.42 Å². The molecule has 0 spiro atoms. The second-order valence-electron chi connectivity index (χ2n) is 3.03. The number of sulfonamides is 1. The molecule has 0 saturated heterocycles. The second-order valence-corrected chi connectivity index (χ2v) is 5.29. The maximum Gasteiger partial charge on any atom is 0.209 e. The van der Waals surface area contributed by atoms with Gasteiger partial charge in [0.25, 0.3) is 0 Å². The van der Waals surface area contributed by atoms with Gasteiger partial charge in [0, 0.05) is 0 Å². The van der Waals surface area contributed by atoms with Gasteiger partial charge in [0.1, 0.15) is 0 Å². The first kappa shape index (κ1) is 11.5. The van der Waals surface area contributed by atoms with Crippen LogP contribution in [0.1, 0.15) is 17.4 Å². The van der Waals surface area contributed by atoms with Gasteiger partial charge in [0.15, 0.2) is 0 Å². The summed E-state index contributed by atoms with van der Waals surface area (Å²) in [5.41, 5.74) is 0.915. The van der Waals surface area contributed by atoms with E-state index in [4.69, 9.17) is 16.7 Å². The first-order chi connectivity index (χ1) is 6.49. The molecule has 0 aliphatic rings. The summed E-state index contributed by atoms with van der Waals surface area (Å²) in [7, 11) is -3.41. The highest BCUT2D eigenvalue weighted by atomic mass is 35.5. The first-order valence-electron chi connectivity index (χ1n) is 4.18. The molecule has 0 radical (unpaired) electrons. The number of primary sulfonamides is 1. The lowest BCUT2D eigenvalue weighted by atomic mass is 10.1. The van der Waals surface area contributed by atoms with Crippen LogP contribution in [0.25, 0.3) is 0 Å². The topological polar surface area (TPSA) is 60.2 Å². The fourth-order valence-corrected chi connectivity index (χ4v) is 2.04. The number of halogens is 1. The molecule has 14 heavy (non-hydrogen) atoms. The van der Waals surface area contributed by atoms with Crippen molar-refractivity contribution in [3.8, 4) is 0 Å². The van der Waals surface area contributed by atoms with Gasteiger partial charge in [-0.1, -0.05) is 30.3 Å². The van der Waals surface area contributed by atoms with E-state index in [0.29, 0.717) is 6.42 Å². The Kier molecular flexibility index (Phi) is 3.92. The van der Waals surface area contributed by atoms with E-state index < -0.39 is 10.0 Å². The summed E-state index contributed by atoms with van der Waals surface area (Å²) >= 11 is 5.99. The van der Waals surface area contributed by atoms with Gasteiger partial charge < -0.3 is 0 Å². The predicted molar refractivity (Wildman–Crippen MR) is 57.6 cm³/mol. The fourth-order valence-electron chi connectivity index (χ4n) is 1.10. The van der Waals surface area contributed by atoms with E-state index in [0.717, 1.165) is 5.56 Å². The van der Waals surface area contributed by atoms with Crippen molar-refractivity contribution >= 4 is 21.6 Å². The zero-order valence-electron chi connectivity index (χ0n) is 7.56. The Morgan fingerprint density at radius 3 is 2.36 bits per heavy atom. The molecule has 1 aromatic rings. The van der Waals surface area contributed by atoms with Crippen molar-refractivity contribution in [2.24, 2.45) is 5.14 Å². The molecule has 1 atom stereocenters. The van der Waals surface area contributed by atoms with Crippen LogP contribution >= 0.6 is 11.6 Å². The Morgan fingerprint density at radius 1 is 1.29 bits per heavy atom. The van der Waals surface area contributed by atoms with Crippen molar-refractivity contribution < 1.29 is 8.42 Å². The van der Waals surface area contributed by atoms with E-state index in [1.165, 1.54) is 0 Å². The molecule has 1 unspecified atom stereocenters. The van der Waals surface area contributed by atoms with Crippen molar-refractivity contribution in [3.05, 3.63) is 35.9 Å². The van der Waals surface area contributed by atoms with Crippen molar-refractivity contribution in [2.45, 2.75) is 11.8 Å². The molecule has 5 heteroatoms. The van der Waals surface area contributed by atoms with Gasteiger partial charge in [0.05, 0.1) is 11.1 Å². The normalized spacial score (nSPS) is 13.9. The minimum atomic E-state index is -3.41. The van der Waals surface area contributed by atoms with Gasteiger partial charge in [-0.3, -0.25) is 0 Å². The molecule has 0 bridgehead atoms. The first-order valence-corrected chi connectivity index (χ1v) is 6.34. The third kappa shape index (κ3) is 4.09. The molecule has 0 aliphatic carbocycles. The number of benzene rings is 1. The highest BCUT2D eigenvalue weighted by Gasteiger charge is 2.11. The average Bonchev–Trinajstić information content (AvgIpc) is 2.14. The lowest BCUT2D eigenvalue weighted by molar-refractivity contribution is 0.594. The Balaban J connectivity index is 2.56. The van der Waals surface area contributed by atoms with Crippen LogP contribution in [-0.4, -0.2) is 14.2 Å². The van der Waals surface area contributed by atoms with Gasteiger partial charge in [-0.2, -0.15) is 0 Å². The Bertz CT molecular complexity index is 377. The monoisotopic (exact) mass is 233 g/mol. The highest BCUT2D eigenvalue weighted by molar-refractivity contribution is 7.89. The smallest absolute Gasteiger partial charge is 0.209 e. The zero-order valence-corrected chi connectivity index (χ0v) is 9.13. The molecule has 2 N–H and O–H groups in total. The molecule has 1 rings (SSSR count). The summed E-state index contributed by atoms with van der Waals surface area (Å²) in [4.78, 5) is 0. The number of hydrogen-bond acceptors (Lipinski definition) is 2. The zero-order chi connectivity index (χ0) is 10.6. The van der Waals surface area contributed by atoms with Gasteiger partial charge in [-0.25, -0.2) is 13.6 Å². The van der Waals surface area contributed by atoms with Crippen LogP contribution in [0.5, 0.6) is 0 Å². The molecule has 3 nitrogen and oxygen atoms in total. The summed E-state index contributed by atoms with van der Waals surface area (Å²) in [5.74, 6) is -0.0872. The van der Waals surface area contributed by atoms with Crippen LogP contribution in [0.15, 0.2) is 30.3 Å². The standard InChI is InChI=1S/C9H12ClNO2S/c10-9(6-7-14(11,12)13)8-4-2-1-3-5-8/h1-5,9H,6-7H2,(H2,11,12,13). The second kappa shape index (κ2) is 4.77. The molecule has 0 amide bonds. The quantitative estimate of drug-likeness (QED) is 0.804. The maximum atomic E-state index is 10.7. The number of hydrogen-bond donors (Lipinski definition) is 1. The average molecular weight is 234 g/mol. The molecule has 0 aliphatic heterocycles. The van der Waals surface area contributed by atoms with E-state index in [-0.39, 0.29) is 11.1 Å². The molecule has 1 aromatic carbocycles. The maximum absolute atomic E-state index is 10.7. The molecular formula is C9H12ClNO2S. The minimum Gasteiger partial charge on any atom is -0.229 e. The molecule has 0 saturated carbocycles. The minimum absolute atomic E-state index is 0.0872. The predicted octanol–water partition coefficient (Wildman–Crippen LogP) is 1.65. The lowest BCUT2D eigenvalue weighted by Gasteiger charge is -2.07. The summed E-state index contributed by atoms with van der Waals surface area (Å²) in [6.07, 6.45) is 0.338. The molecular weight excluding hydrogens is 222 g/mol. The van der Waals surface area contributed by atoms with Crippen LogP contribution in [0.3, 0.4) is 0 Å². The van der Waals surface area contributed by atoms with Crippen molar-refractivity contribution in [2.75, 3.05) is 5.75 Å². The van der Waals surface area contributed by atoms with Crippen molar-refractivity contribution in [3.63, 3.8) is 0 Å². The van der Waals surface area contributed by atoms with E-state index >= 15 is 0 Å². The Labute approximate surface area is 88.9 Å². The summed E-state index contributed by atoms with van der Waals surface area (Å²) in [5, 5.41) is 4.58. The summed E-state index contributed by atoms with van der Waals surface area (Å²) in [6.45, 7) is 0. The Hall–Kier alpha value is -0.580. The van der Waals surface area contributed by atoms with E-state index in [1.54, 1.807) is 0 Å². The molecule has 0 fully saturated rings. The Morgan fingerprint density at radius 2 is 1.86 bits per heavy atom. The van der Waals surface area contributed by atoms with Crippen LogP contribution in [0.4, 0.5) is 0 Å². The van der Waals surface area contributed by atoms with Crippen LogP contribution in [0.2, 0.25) is 0 Å². The van der Waals surface area contributed by atoms with Gasteiger partial charge in [-0.15, -0.1) is 11.6 Å². The summed E-state index contributed by atoms with van der Waals surface area (Å²) < 4.78 is 21.4. The fraction of sp³-hybridized carbons (Fsp3) is 0.333. The van der Waals surface area contributed by atoms with E-state index in [2.05, 4.69) is 0 Å². The third-order valence-electron chi connectivity index (χ3n) is 1.82. The highest BCUT2D eigenvalue weighted by Crippen LogP contribution is 2.23. The number of nitrogens with two attached hydrogens (primary N) is 1. The largest absolute Gasteiger partial charge is 0.229 e. The molecule has 0 aromatic heterocycles. The van der Waals surface area contributed by atoms with Crippen LogP contribution < -0.4 is 5.14 Å². The number of alkyl halides is 1. The summed E-state index contributed by atoms with van der Waals surface area (Å²) in [6, 6.07) is 9.33. The number of rotatable bonds is 4. The van der Waals surface area contributed by atoms with Gasteiger partial charge >= 0.3 is 0 Å². The van der Waals surface area contributed by atoms with Crippen molar-refractivity contribution in [1.82, 2.24) is 0 Å². The van der Waals surface area contributed by atoms with Crippen molar-refractivity contribution in [1.29, 1.82) is 0 Å². The molecule has 78 valence electrons. The SMILES string of the molecule is NS(=O)(=O)CCC(Cl)c1ccccc1. The third-order valence-corrected chi connectivity index (χ3v) is 3.09. The van der Waals surface area contributed by atoms with Gasteiger partial charge in [-0.05, 0) is 12.0 Å². The van der Waals surface area contributed by atoms with Crippen LogP contribution in [-0.2, 0) is 10.0 Å². The van der Waals surface area contributed by atoms with Crippen LogP contribution in [0, 0.1) is 0 Å². The van der Waals surface area contributed by atoms with Gasteiger partial charge in [0.2, 0.25) is 10.0 Å².